The summed E-state index contributed by atoms with van der Waals surface area (Å²) in [7, 11) is 0. The van der Waals surface area contributed by atoms with Gasteiger partial charge in [0, 0.05) is 17.0 Å². The SMILES string of the molecule is O=C(O)CN1C(=O)CCc2cc(S)ccc21. The zero-order valence-electron chi connectivity index (χ0n) is 8.51. The first-order valence-electron chi connectivity index (χ1n) is 4.92. The number of aliphatic carboxylic acids is 1. The van der Waals surface area contributed by atoms with E-state index in [1.165, 1.54) is 4.90 Å². The highest BCUT2D eigenvalue weighted by Crippen LogP contribution is 2.29. The smallest absolute Gasteiger partial charge is 0.323 e. The Morgan fingerprint density at radius 1 is 1.44 bits per heavy atom. The number of aryl methyl sites for hydroxylation is 1. The number of benzene rings is 1. The minimum atomic E-state index is -1.00. The topological polar surface area (TPSA) is 57.6 Å². The number of fused-ring (bicyclic) bond motifs is 1. The number of anilines is 1. The van der Waals surface area contributed by atoms with Gasteiger partial charge in [-0.2, -0.15) is 0 Å². The Kier molecular flexibility index (Phi) is 2.87. The van der Waals surface area contributed by atoms with Gasteiger partial charge in [-0.1, -0.05) is 0 Å². The molecular formula is C11H11NO3S. The summed E-state index contributed by atoms with van der Waals surface area (Å²) >= 11 is 4.22. The van der Waals surface area contributed by atoms with Crippen molar-refractivity contribution in [2.45, 2.75) is 17.7 Å². The summed E-state index contributed by atoms with van der Waals surface area (Å²) < 4.78 is 0. The van der Waals surface area contributed by atoms with E-state index in [4.69, 9.17) is 5.11 Å². The van der Waals surface area contributed by atoms with Crippen LogP contribution in [0.5, 0.6) is 0 Å². The van der Waals surface area contributed by atoms with Crippen LogP contribution in [0.1, 0.15) is 12.0 Å². The van der Waals surface area contributed by atoms with E-state index in [1.54, 1.807) is 12.1 Å². The number of carboxylic acids is 1. The second kappa shape index (κ2) is 4.17. The summed E-state index contributed by atoms with van der Waals surface area (Å²) in [5.74, 6) is -1.14. The highest BCUT2D eigenvalue weighted by atomic mass is 32.1. The molecule has 0 spiro atoms. The fourth-order valence-corrected chi connectivity index (χ4v) is 2.09. The third-order valence-corrected chi connectivity index (χ3v) is 2.83. The summed E-state index contributed by atoms with van der Waals surface area (Å²) in [4.78, 5) is 24.4. The molecule has 0 aliphatic carbocycles. The number of thiol groups is 1. The van der Waals surface area contributed by atoms with E-state index in [0.717, 1.165) is 10.5 Å². The number of carboxylic acid groups (broad SMARTS) is 1. The molecule has 1 aliphatic rings. The molecule has 2 rings (SSSR count). The highest BCUT2D eigenvalue weighted by molar-refractivity contribution is 7.80. The molecule has 1 N–H and O–H groups in total. The zero-order chi connectivity index (χ0) is 11.7. The molecule has 1 aromatic carbocycles. The van der Waals surface area contributed by atoms with Gasteiger partial charge in [-0.25, -0.2) is 0 Å². The van der Waals surface area contributed by atoms with E-state index in [9.17, 15) is 9.59 Å². The first kappa shape index (κ1) is 11.0. The van der Waals surface area contributed by atoms with E-state index in [2.05, 4.69) is 12.6 Å². The van der Waals surface area contributed by atoms with Crippen LogP contribution in [-0.2, 0) is 16.0 Å². The van der Waals surface area contributed by atoms with E-state index in [1.807, 2.05) is 6.07 Å². The van der Waals surface area contributed by atoms with E-state index < -0.39 is 5.97 Å². The summed E-state index contributed by atoms with van der Waals surface area (Å²) in [6.07, 6.45) is 1.01. The van der Waals surface area contributed by atoms with Gasteiger partial charge in [0.1, 0.15) is 6.54 Å². The van der Waals surface area contributed by atoms with Crippen molar-refractivity contribution in [3.63, 3.8) is 0 Å². The average molecular weight is 237 g/mol. The Bertz CT molecular complexity index is 459. The fourth-order valence-electron chi connectivity index (χ4n) is 1.85. The molecule has 0 saturated carbocycles. The first-order chi connectivity index (χ1) is 7.58. The van der Waals surface area contributed by atoms with Crippen LogP contribution in [0, 0.1) is 0 Å². The Balaban J connectivity index is 2.40. The molecule has 0 bridgehead atoms. The zero-order valence-corrected chi connectivity index (χ0v) is 9.41. The predicted molar refractivity (Wildman–Crippen MR) is 62.0 cm³/mol. The van der Waals surface area contributed by atoms with Gasteiger partial charge in [-0.3, -0.25) is 9.59 Å². The van der Waals surface area contributed by atoms with Gasteiger partial charge < -0.3 is 10.0 Å². The van der Waals surface area contributed by atoms with Crippen molar-refractivity contribution in [2.24, 2.45) is 0 Å². The van der Waals surface area contributed by atoms with Gasteiger partial charge in [0.15, 0.2) is 0 Å². The van der Waals surface area contributed by atoms with Gasteiger partial charge in [-0.05, 0) is 30.2 Å². The van der Waals surface area contributed by atoms with Crippen molar-refractivity contribution in [3.8, 4) is 0 Å². The van der Waals surface area contributed by atoms with Gasteiger partial charge in [-0.15, -0.1) is 12.6 Å². The predicted octanol–water partition coefficient (Wildman–Crippen LogP) is 1.34. The molecular weight excluding hydrogens is 226 g/mol. The molecule has 0 fully saturated rings. The Labute approximate surface area is 98.3 Å². The van der Waals surface area contributed by atoms with Crippen LogP contribution in [0.3, 0.4) is 0 Å². The summed E-state index contributed by atoms with van der Waals surface area (Å²) in [5, 5.41) is 8.75. The van der Waals surface area contributed by atoms with Crippen LogP contribution < -0.4 is 4.90 Å². The van der Waals surface area contributed by atoms with Crippen LogP contribution >= 0.6 is 12.6 Å². The van der Waals surface area contributed by atoms with Gasteiger partial charge in [0.2, 0.25) is 5.91 Å². The lowest BCUT2D eigenvalue weighted by Crippen LogP contribution is -2.38. The number of carbonyl (C=O) groups excluding carboxylic acids is 1. The van der Waals surface area contributed by atoms with Crippen LogP contribution in [0.2, 0.25) is 0 Å². The molecule has 1 amide bonds. The lowest BCUT2D eigenvalue weighted by molar-refractivity contribution is -0.136. The molecule has 0 unspecified atom stereocenters. The molecule has 1 heterocycles. The molecule has 1 aliphatic heterocycles. The Hall–Kier alpha value is -1.49. The maximum atomic E-state index is 11.6. The minimum absolute atomic E-state index is 0.137. The summed E-state index contributed by atoms with van der Waals surface area (Å²) in [5.41, 5.74) is 1.67. The van der Waals surface area contributed by atoms with Gasteiger partial charge in [0.05, 0.1) is 0 Å². The second-order valence-electron chi connectivity index (χ2n) is 3.69. The number of nitrogens with zero attached hydrogens (tertiary/aromatic N) is 1. The van der Waals surface area contributed by atoms with Gasteiger partial charge in [0.25, 0.3) is 0 Å². The van der Waals surface area contributed by atoms with E-state index >= 15 is 0 Å². The Morgan fingerprint density at radius 3 is 2.88 bits per heavy atom. The first-order valence-corrected chi connectivity index (χ1v) is 5.36. The van der Waals surface area contributed by atoms with Crippen molar-refractivity contribution in [2.75, 3.05) is 11.4 Å². The van der Waals surface area contributed by atoms with Crippen molar-refractivity contribution >= 4 is 30.2 Å². The molecule has 1 aromatic rings. The third kappa shape index (κ3) is 2.04. The quantitative estimate of drug-likeness (QED) is 0.763. The van der Waals surface area contributed by atoms with Crippen molar-refractivity contribution in [1.29, 1.82) is 0 Å². The lowest BCUT2D eigenvalue weighted by atomic mass is 10.0. The molecule has 4 nitrogen and oxygen atoms in total. The number of rotatable bonds is 2. The molecule has 5 heteroatoms. The van der Waals surface area contributed by atoms with E-state index in [-0.39, 0.29) is 12.5 Å². The minimum Gasteiger partial charge on any atom is -0.480 e. The molecule has 16 heavy (non-hydrogen) atoms. The normalized spacial score (nSPS) is 14.8. The highest BCUT2D eigenvalue weighted by Gasteiger charge is 2.25. The van der Waals surface area contributed by atoms with Crippen LogP contribution in [0.4, 0.5) is 5.69 Å². The lowest BCUT2D eigenvalue weighted by Gasteiger charge is -2.28. The largest absolute Gasteiger partial charge is 0.480 e. The summed E-state index contributed by atoms with van der Waals surface area (Å²) in [6, 6.07) is 5.38. The number of hydrogen-bond acceptors (Lipinski definition) is 3. The number of amides is 1. The molecule has 0 saturated heterocycles. The summed E-state index contributed by atoms with van der Waals surface area (Å²) in [6.45, 7) is -0.280. The standard InChI is InChI=1S/C11H11NO3S/c13-10-4-1-7-5-8(16)2-3-9(7)12(10)6-11(14)15/h2-3,5,16H,1,4,6H2,(H,14,15). The molecule has 84 valence electrons. The van der Waals surface area contributed by atoms with Crippen molar-refractivity contribution < 1.29 is 14.7 Å². The molecule has 0 atom stereocenters. The molecule has 0 aromatic heterocycles. The van der Waals surface area contributed by atoms with E-state index in [0.29, 0.717) is 18.5 Å². The van der Waals surface area contributed by atoms with Gasteiger partial charge >= 0.3 is 5.97 Å². The fraction of sp³-hybridized carbons (Fsp3) is 0.273. The third-order valence-electron chi connectivity index (χ3n) is 2.56. The monoisotopic (exact) mass is 237 g/mol. The Morgan fingerprint density at radius 2 is 2.19 bits per heavy atom. The van der Waals surface area contributed by atoms with Crippen LogP contribution in [-0.4, -0.2) is 23.5 Å². The second-order valence-corrected chi connectivity index (χ2v) is 4.20. The van der Waals surface area contributed by atoms with Crippen LogP contribution in [0.15, 0.2) is 23.1 Å². The molecule has 0 radical (unpaired) electrons. The van der Waals surface area contributed by atoms with Crippen LogP contribution in [0.25, 0.3) is 0 Å². The maximum Gasteiger partial charge on any atom is 0.323 e. The average Bonchev–Trinajstić information content (AvgIpc) is 2.22. The van der Waals surface area contributed by atoms with Crippen molar-refractivity contribution in [3.05, 3.63) is 23.8 Å². The number of carbonyl (C=O) groups is 2. The van der Waals surface area contributed by atoms with Crippen molar-refractivity contribution in [1.82, 2.24) is 0 Å². The maximum absolute atomic E-state index is 11.6. The number of hydrogen-bond donors (Lipinski definition) is 2.